The topological polar surface area (TPSA) is 77.6 Å². The number of amides is 1. The summed E-state index contributed by atoms with van der Waals surface area (Å²) in [6, 6.07) is 15.7. The van der Waals surface area contributed by atoms with Crippen LogP contribution in [0.5, 0.6) is 0 Å². The first-order chi connectivity index (χ1) is 13.6. The molecule has 4 aromatic rings. The molecule has 0 unspecified atom stereocenters. The Morgan fingerprint density at radius 3 is 2.68 bits per heavy atom. The predicted octanol–water partition coefficient (Wildman–Crippen LogP) is 3.00. The number of hydrogen-bond donors (Lipinski definition) is 1. The van der Waals surface area contributed by atoms with Crippen molar-refractivity contribution in [2.45, 2.75) is 20.4 Å². The number of para-hydroxylation sites is 1. The third kappa shape index (κ3) is 3.29. The van der Waals surface area contributed by atoms with E-state index in [1.807, 2.05) is 62.4 Å². The molecule has 0 radical (unpaired) electrons. The van der Waals surface area contributed by atoms with Gasteiger partial charge in [-0.15, -0.1) is 0 Å². The van der Waals surface area contributed by atoms with Crippen LogP contribution in [-0.4, -0.2) is 30.2 Å². The quantitative estimate of drug-likeness (QED) is 0.584. The number of carbonyl (C=O) groups excluding carboxylic acids is 1. The highest BCUT2D eigenvalue weighted by Crippen LogP contribution is 2.21. The maximum atomic E-state index is 12.9. The number of nitrogens with one attached hydrogen (secondary N) is 1. The van der Waals surface area contributed by atoms with Gasteiger partial charge in [-0.25, -0.2) is 14.6 Å². The van der Waals surface area contributed by atoms with Crippen molar-refractivity contribution in [3.8, 4) is 11.5 Å². The van der Waals surface area contributed by atoms with Crippen molar-refractivity contribution < 1.29 is 4.79 Å². The number of hydrogen-bond acceptors (Lipinski definition) is 4. The number of benzene rings is 1. The fourth-order valence-corrected chi connectivity index (χ4v) is 3.33. The van der Waals surface area contributed by atoms with E-state index in [1.165, 1.54) is 6.33 Å². The molecule has 0 spiro atoms. The van der Waals surface area contributed by atoms with Crippen LogP contribution < -0.4 is 5.32 Å². The molecule has 7 heteroatoms. The van der Waals surface area contributed by atoms with Crippen LogP contribution >= 0.6 is 0 Å². The van der Waals surface area contributed by atoms with Gasteiger partial charge in [0.05, 0.1) is 5.56 Å². The third-order valence-electron chi connectivity index (χ3n) is 4.63. The van der Waals surface area contributed by atoms with Crippen LogP contribution in [-0.2, 0) is 6.54 Å². The van der Waals surface area contributed by atoms with E-state index in [4.69, 9.17) is 0 Å². The molecule has 140 valence electrons. The Balaban J connectivity index is 1.56. The van der Waals surface area contributed by atoms with Crippen molar-refractivity contribution >= 4 is 5.91 Å². The third-order valence-corrected chi connectivity index (χ3v) is 4.63. The number of pyridine rings is 1. The van der Waals surface area contributed by atoms with Crippen molar-refractivity contribution in [3.05, 3.63) is 89.9 Å². The van der Waals surface area contributed by atoms with Gasteiger partial charge >= 0.3 is 0 Å². The number of rotatable bonds is 5. The van der Waals surface area contributed by atoms with Crippen LogP contribution in [0.3, 0.4) is 0 Å². The van der Waals surface area contributed by atoms with E-state index in [2.05, 4.69) is 25.0 Å². The lowest BCUT2D eigenvalue weighted by Crippen LogP contribution is -2.24. The summed E-state index contributed by atoms with van der Waals surface area (Å²) in [4.78, 5) is 21.2. The van der Waals surface area contributed by atoms with E-state index in [0.717, 1.165) is 22.6 Å². The summed E-state index contributed by atoms with van der Waals surface area (Å²) in [6.45, 7) is 4.30. The van der Waals surface area contributed by atoms with E-state index in [9.17, 15) is 4.79 Å². The molecule has 3 heterocycles. The van der Waals surface area contributed by atoms with Gasteiger partial charge < -0.3 is 9.88 Å². The molecule has 0 saturated heterocycles. The Hall–Kier alpha value is -3.74. The summed E-state index contributed by atoms with van der Waals surface area (Å²) >= 11 is 0. The lowest BCUT2D eigenvalue weighted by molar-refractivity contribution is 0.0950. The second-order valence-corrected chi connectivity index (χ2v) is 6.46. The van der Waals surface area contributed by atoms with E-state index >= 15 is 0 Å². The average Bonchev–Trinajstić information content (AvgIpc) is 3.35. The van der Waals surface area contributed by atoms with E-state index in [1.54, 1.807) is 17.2 Å². The van der Waals surface area contributed by atoms with Crippen LogP contribution in [0.2, 0.25) is 0 Å². The monoisotopic (exact) mass is 372 g/mol. The minimum Gasteiger partial charge on any atom is -0.348 e. The standard InChI is InChI=1S/C21H20N6O/c1-15-11-19(16(2)27(15)18-8-4-3-5-9-18)21(28)24-12-17-7-6-10-23-20(17)26-14-22-13-25-26/h3-11,13-14H,12H2,1-2H3,(H,24,28). The number of nitrogens with zero attached hydrogens (tertiary/aromatic N) is 5. The van der Waals surface area contributed by atoms with E-state index < -0.39 is 0 Å². The molecule has 0 fully saturated rings. The Morgan fingerprint density at radius 1 is 1.11 bits per heavy atom. The van der Waals surface area contributed by atoms with Crippen molar-refractivity contribution in [1.29, 1.82) is 0 Å². The average molecular weight is 372 g/mol. The molecular weight excluding hydrogens is 352 g/mol. The van der Waals surface area contributed by atoms with Gasteiger partial charge in [-0.2, -0.15) is 5.10 Å². The van der Waals surface area contributed by atoms with Crippen molar-refractivity contribution in [2.75, 3.05) is 0 Å². The predicted molar refractivity (Wildman–Crippen MR) is 106 cm³/mol. The zero-order chi connectivity index (χ0) is 19.5. The zero-order valence-corrected chi connectivity index (χ0v) is 15.7. The molecule has 4 rings (SSSR count). The highest BCUT2D eigenvalue weighted by molar-refractivity contribution is 5.95. The molecule has 7 nitrogen and oxygen atoms in total. The fraction of sp³-hybridized carbons (Fsp3) is 0.143. The first-order valence-electron chi connectivity index (χ1n) is 8.96. The smallest absolute Gasteiger partial charge is 0.253 e. The lowest BCUT2D eigenvalue weighted by Gasteiger charge is -2.11. The molecule has 0 bridgehead atoms. The van der Waals surface area contributed by atoms with Crippen molar-refractivity contribution in [2.24, 2.45) is 0 Å². The first-order valence-corrected chi connectivity index (χ1v) is 8.96. The van der Waals surface area contributed by atoms with Crippen LogP contribution in [0.4, 0.5) is 0 Å². The first kappa shape index (κ1) is 17.7. The maximum absolute atomic E-state index is 12.9. The largest absolute Gasteiger partial charge is 0.348 e. The van der Waals surface area contributed by atoms with Crippen LogP contribution in [0.25, 0.3) is 11.5 Å². The van der Waals surface area contributed by atoms with Gasteiger partial charge in [0, 0.05) is 35.4 Å². The summed E-state index contributed by atoms with van der Waals surface area (Å²) in [5, 5.41) is 7.12. The summed E-state index contributed by atoms with van der Waals surface area (Å²) in [6.07, 6.45) is 4.73. The van der Waals surface area contributed by atoms with Gasteiger partial charge in [-0.05, 0) is 38.1 Å². The van der Waals surface area contributed by atoms with Crippen LogP contribution in [0.1, 0.15) is 27.3 Å². The minimum atomic E-state index is -0.122. The van der Waals surface area contributed by atoms with E-state index in [0.29, 0.717) is 17.9 Å². The number of carbonyl (C=O) groups is 1. The molecule has 1 amide bonds. The molecule has 0 aliphatic heterocycles. The van der Waals surface area contributed by atoms with Crippen LogP contribution in [0, 0.1) is 13.8 Å². The fourth-order valence-electron chi connectivity index (χ4n) is 3.33. The SMILES string of the molecule is Cc1cc(C(=O)NCc2cccnc2-n2cncn2)c(C)n1-c1ccccc1. The normalized spacial score (nSPS) is 10.8. The molecule has 0 aliphatic rings. The summed E-state index contributed by atoms with van der Waals surface area (Å²) in [7, 11) is 0. The molecule has 1 N–H and O–H groups in total. The Kier molecular flexibility index (Phi) is 4.72. The molecule has 0 saturated carbocycles. The summed E-state index contributed by atoms with van der Waals surface area (Å²) < 4.78 is 3.67. The molecule has 0 aliphatic carbocycles. The molecule has 3 aromatic heterocycles. The Labute approximate surface area is 162 Å². The molecule has 1 aromatic carbocycles. The van der Waals surface area contributed by atoms with E-state index in [-0.39, 0.29) is 5.91 Å². The second-order valence-electron chi connectivity index (χ2n) is 6.46. The van der Waals surface area contributed by atoms with Gasteiger partial charge in [0.2, 0.25) is 0 Å². The molecular formula is C21H20N6O. The maximum Gasteiger partial charge on any atom is 0.253 e. The Bertz CT molecular complexity index is 1100. The van der Waals surface area contributed by atoms with Crippen molar-refractivity contribution in [3.63, 3.8) is 0 Å². The highest BCUT2D eigenvalue weighted by Gasteiger charge is 2.17. The van der Waals surface area contributed by atoms with Gasteiger partial charge in [0.25, 0.3) is 5.91 Å². The molecule has 0 atom stereocenters. The number of aryl methyl sites for hydroxylation is 1. The van der Waals surface area contributed by atoms with Gasteiger partial charge in [0.1, 0.15) is 12.7 Å². The van der Waals surface area contributed by atoms with Gasteiger partial charge in [-0.3, -0.25) is 4.79 Å². The Morgan fingerprint density at radius 2 is 1.93 bits per heavy atom. The minimum absolute atomic E-state index is 0.122. The second kappa shape index (κ2) is 7.48. The summed E-state index contributed by atoms with van der Waals surface area (Å²) in [5.41, 5.74) is 4.48. The lowest BCUT2D eigenvalue weighted by atomic mass is 10.2. The molecule has 28 heavy (non-hydrogen) atoms. The van der Waals surface area contributed by atoms with Crippen LogP contribution in [0.15, 0.2) is 67.4 Å². The highest BCUT2D eigenvalue weighted by atomic mass is 16.1. The van der Waals surface area contributed by atoms with Crippen molar-refractivity contribution in [1.82, 2.24) is 29.6 Å². The zero-order valence-electron chi connectivity index (χ0n) is 15.7. The number of aromatic nitrogens is 5. The van der Waals surface area contributed by atoms with Gasteiger partial charge in [0.15, 0.2) is 5.82 Å². The summed E-state index contributed by atoms with van der Waals surface area (Å²) in [5.74, 6) is 0.527. The van der Waals surface area contributed by atoms with Gasteiger partial charge in [-0.1, -0.05) is 24.3 Å².